The monoisotopic (exact) mass is 278 g/mol. The van der Waals surface area contributed by atoms with Gasteiger partial charge >= 0.3 is 0 Å². The number of hydrogen-bond donors (Lipinski definition) is 1. The number of nitrogens with one attached hydrogen (secondary N) is 1. The van der Waals surface area contributed by atoms with E-state index < -0.39 is 0 Å². The van der Waals surface area contributed by atoms with Crippen LogP contribution in [0, 0.1) is 0 Å². The molecule has 0 bridgehead atoms. The number of hydrogen-bond acceptors (Lipinski definition) is 3. The molecule has 0 aliphatic heterocycles. The van der Waals surface area contributed by atoms with E-state index in [4.69, 9.17) is 4.74 Å². The molecule has 0 saturated carbocycles. The van der Waals surface area contributed by atoms with E-state index in [1.165, 1.54) is 0 Å². The van der Waals surface area contributed by atoms with Gasteiger partial charge in [-0.15, -0.1) is 0 Å². The highest BCUT2D eigenvalue weighted by atomic mass is 16.5. The Hall–Kier alpha value is -2.82. The number of methoxy groups -OCH3 is 1. The minimum absolute atomic E-state index is 0.776. The molecule has 0 fully saturated rings. The molecule has 5 nitrogen and oxygen atoms in total. The molecule has 21 heavy (non-hydrogen) atoms. The maximum Gasteiger partial charge on any atom is 0.161 e. The zero-order valence-electron chi connectivity index (χ0n) is 11.8. The van der Waals surface area contributed by atoms with Crippen molar-refractivity contribution in [2.75, 3.05) is 7.11 Å². The quantitative estimate of drug-likeness (QED) is 0.613. The van der Waals surface area contributed by atoms with E-state index in [-0.39, 0.29) is 0 Å². The number of rotatable bonds is 2. The highest BCUT2D eigenvalue weighted by Gasteiger charge is 2.13. The SMILES string of the molecule is COc1ccc(-c2[nH]n(C)c3c2cnc2nccc23)cc1. The van der Waals surface area contributed by atoms with Crippen LogP contribution in [0.2, 0.25) is 0 Å². The molecule has 3 aromatic heterocycles. The maximum atomic E-state index is 5.21. The van der Waals surface area contributed by atoms with Crippen LogP contribution in [0.5, 0.6) is 5.75 Å². The topological polar surface area (TPSA) is 55.7 Å². The van der Waals surface area contributed by atoms with Crippen LogP contribution in [0.4, 0.5) is 0 Å². The average Bonchev–Trinajstić information content (AvgIpc) is 3.11. The molecule has 0 aliphatic carbocycles. The zero-order valence-corrected chi connectivity index (χ0v) is 11.8. The summed E-state index contributed by atoms with van der Waals surface area (Å²) in [5.74, 6) is 0.847. The average molecular weight is 278 g/mol. The fourth-order valence-electron chi connectivity index (χ4n) is 2.75. The van der Waals surface area contributed by atoms with Gasteiger partial charge in [0.15, 0.2) is 5.65 Å². The lowest BCUT2D eigenvalue weighted by Gasteiger charge is -2.02. The number of aromatic amines is 1. The van der Waals surface area contributed by atoms with Gasteiger partial charge < -0.3 is 4.74 Å². The van der Waals surface area contributed by atoms with E-state index >= 15 is 0 Å². The molecule has 0 unspecified atom stereocenters. The van der Waals surface area contributed by atoms with Gasteiger partial charge in [0.25, 0.3) is 0 Å². The highest BCUT2D eigenvalue weighted by Crippen LogP contribution is 2.31. The molecule has 104 valence electrons. The molecule has 1 N–H and O–H groups in total. The summed E-state index contributed by atoms with van der Waals surface area (Å²) in [6.45, 7) is 0. The fourth-order valence-corrected chi connectivity index (χ4v) is 2.75. The second-order valence-electron chi connectivity index (χ2n) is 4.98. The molecule has 0 radical (unpaired) electrons. The second kappa shape index (κ2) is 4.34. The number of fused-ring (bicyclic) bond motifs is 3. The molecular formula is C16H14N4O. The third-order valence-corrected chi connectivity index (χ3v) is 3.77. The van der Waals surface area contributed by atoms with E-state index in [9.17, 15) is 0 Å². The van der Waals surface area contributed by atoms with Gasteiger partial charge in [-0.2, -0.15) is 0 Å². The van der Waals surface area contributed by atoms with E-state index in [1.807, 2.05) is 48.3 Å². The number of benzene rings is 1. The maximum absolute atomic E-state index is 5.21. The lowest BCUT2D eigenvalue weighted by atomic mass is 10.1. The van der Waals surface area contributed by atoms with Crippen molar-refractivity contribution < 1.29 is 4.74 Å². The second-order valence-corrected chi connectivity index (χ2v) is 4.98. The number of pyridine rings is 1. The van der Waals surface area contributed by atoms with Crippen molar-refractivity contribution in [3.63, 3.8) is 0 Å². The first-order chi connectivity index (χ1) is 10.3. The van der Waals surface area contributed by atoms with Crippen LogP contribution in [0.3, 0.4) is 0 Å². The molecule has 0 atom stereocenters. The molecule has 0 saturated heterocycles. The zero-order chi connectivity index (χ0) is 14.4. The fraction of sp³-hybridized carbons (Fsp3) is 0.125. The van der Waals surface area contributed by atoms with Gasteiger partial charge in [0.1, 0.15) is 5.75 Å². The number of nitrogens with zero attached hydrogens (tertiary/aromatic N) is 3. The Morgan fingerprint density at radius 1 is 1.05 bits per heavy atom. The van der Waals surface area contributed by atoms with E-state index in [0.29, 0.717) is 0 Å². The van der Waals surface area contributed by atoms with Crippen molar-refractivity contribution in [2.24, 2.45) is 7.05 Å². The largest absolute Gasteiger partial charge is 0.497 e. The highest BCUT2D eigenvalue weighted by molar-refractivity contribution is 6.07. The molecule has 4 aromatic rings. The predicted octanol–water partition coefficient (Wildman–Crippen LogP) is 3.13. The third-order valence-electron chi connectivity index (χ3n) is 3.77. The Kier molecular flexibility index (Phi) is 2.47. The Bertz CT molecular complexity index is 934. The molecule has 0 spiro atoms. The van der Waals surface area contributed by atoms with Crippen LogP contribution in [0.15, 0.2) is 42.7 Å². The molecular weight excluding hydrogens is 264 g/mol. The lowest BCUT2D eigenvalue weighted by Crippen LogP contribution is -1.90. The van der Waals surface area contributed by atoms with Crippen LogP contribution in [0.25, 0.3) is 33.2 Å². The summed E-state index contributed by atoms with van der Waals surface area (Å²) in [4.78, 5) is 8.69. The van der Waals surface area contributed by atoms with Crippen LogP contribution >= 0.6 is 0 Å². The first-order valence-corrected chi connectivity index (χ1v) is 6.70. The standard InChI is InChI=1S/C16H14N4O/c1-20-15-12-7-8-17-16(12)18-9-13(15)14(19-20)10-3-5-11(21-2)6-4-10/h3-9,19H,1-2H3. The van der Waals surface area contributed by atoms with Crippen LogP contribution in [0.1, 0.15) is 0 Å². The summed E-state index contributed by atoms with van der Waals surface area (Å²) in [6.07, 6.45) is 3.66. The Morgan fingerprint density at radius 2 is 1.86 bits per heavy atom. The van der Waals surface area contributed by atoms with Crippen LogP contribution < -0.4 is 4.74 Å². The van der Waals surface area contributed by atoms with Gasteiger partial charge in [0.2, 0.25) is 0 Å². The van der Waals surface area contributed by atoms with Crippen molar-refractivity contribution >= 4 is 21.9 Å². The molecule has 1 aromatic carbocycles. The van der Waals surface area contributed by atoms with Gasteiger partial charge in [-0.25, -0.2) is 9.97 Å². The van der Waals surface area contributed by atoms with Crippen molar-refractivity contribution in [2.45, 2.75) is 0 Å². The summed E-state index contributed by atoms with van der Waals surface area (Å²) >= 11 is 0. The number of aryl methyl sites for hydroxylation is 1. The van der Waals surface area contributed by atoms with Crippen molar-refractivity contribution in [1.82, 2.24) is 19.7 Å². The minimum atomic E-state index is 0.776. The van der Waals surface area contributed by atoms with E-state index in [1.54, 1.807) is 13.3 Å². The van der Waals surface area contributed by atoms with Crippen molar-refractivity contribution in [1.29, 1.82) is 0 Å². The molecule has 0 amide bonds. The van der Waals surface area contributed by atoms with Crippen molar-refractivity contribution in [3.8, 4) is 17.0 Å². The summed E-state index contributed by atoms with van der Waals surface area (Å²) in [5.41, 5.74) is 4.04. The molecule has 3 heterocycles. The lowest BCUT2D eigenvalue weighted by molar-refractivity contribution is 0.415. The Morgan fingerprint density at radius 3 is 2.62 bits per heavy atom. The van der Waals surface area contributed by atoms with Gasteiger partial charge in [-0.3, -0.25) is 9.78 Å². The third kappa shape index (κ3) is 1.71. The predicted molar refractivity (Wildman–Crippen MR) is 82.4 cm³/mol. The minimum Gasteiger partial charge on any atom is -0.497 e. The first-order valence-electron chi connectivity index (χ1n) is 6.70. The number of aromatic nitrogens is 4. The summed E-state index contributed by atoms with van der Waals surface area (Å²) < 4.78 is 7.22. The van der Waals surface area contributed by atoms with E-state index in [2.05, 4.69) is 15.1 Å². The van der Waals surface area contributed by atoms with Gasteiger partial charge in [-0.1, -0.05) is 0 Å². The first kappa shape index (κ1) is 12.0. The number of H-pyrrole nitrogens is 1. The summed E-state index contributed by atoms with van der Waals surface area (Å²) in [6, 6.07) is 9.99. The van der Waals surface area contributed by atoms with Crippen LogP contribution in [-0.4, -0.2) is 26.9 Å². The smallest absolute Gasteiger partial charge is 0.161 e. The number of ether oxygens (including phenoxy) is 1. The van der Waals surface area contributed by atoms with E-state index in [0.717, 1.165) is 38.9 Å². The van der Waals surface area contributed by atoms with Crippen molar-refractivity contribution in [3.05, 3.63) is 42.7 Å². The molecule has 0 aliphatic rings. The normalized spacial score (nSPS) is 11.3. The molecule has 4 rings (SSSR count). The Labute approximate surface area is 121 Å². The van der Waals surface area contributed by atoms with Gasteiger partial charge in [0.05, 0.1) is 18.3 Å². The molecule has 5 heteroatoms. The van der Waals surface area contributed by atoms with Crippen LogP contribution in [-0.2, 0) is 7.05 Å². The summed E-state index contributed by atoms with van der Waals surface area (Å²) in [7, 11) is 3.67. The Balaban J connectivity index is 2.00. The van der Waals surface area contributed by atoms with Gasteiger partial charge in [0, 0.05) is 35.8 Å². The summed E-state index contributed by atoms with van der Waals surface area (Å²) in [5, 5.41) is 5.54. The van der Waals surface area contributed by atoms with Gasteiger partial charge in [-0.05, 0) is 30.3 Å².